The van der Waals surface area contributed by atoms with E-state index < -0.39 is 5.41 Å². The van der Waals surface area contributed by atoms with Crippen LogP contribution in [0, 0.1) is 5.41 Å². The van der Waals surface area contributed by atoms with Crippen LogP contribution in [0.25, 0.3) is 0 Å². The Kier molecular flexibility index (Phi) is 3.29. The molecule has 4 heteroatoms. The summed E-state index contributed by atoms with van der Waals surface area (Å²) in [5, 5.41) is 12.2. The second kappa shape index (κ2) is 4.94. The average molecular weight is 261 g/mol. The van der Waals surface area contributed by atoms with E-state index in [-0.39, 0.29) is 12.5 Å². The molecule has 19 heavy (non-hydrogen) atoms. The van der Waals surface area contributed by atoms with Crippen molar-refractivity contribution in [3.63, 3.8) is 0 Å². The standard InChI is InChI=1S/C15H19NO3/c17-8-15(9-19-10-15)14(18)16-13-6-5-11-3-1-2-4-12(11)7-13/h5-7,17H,1-4,8-10H2,(H,16,18). The van der Waals surface area contributed by atoms with Crippen LogP contribution in [-0.2, 0) is 22.4 Å². The maximum atomic E-state index is 12.2. The van der Waals surface area contributed by atoms with E-state index in [1.807, 2.05) is 6.07 Å². The molecule has 1 saturated heterocycles. The number of ether oxygens (including phenoxy) is 1. The zero-order valence-electron chi connectivity index (χ0n) is 10.9. The van der Waals surface area contributed by atoms with E-state index in [1.54, 1.807) is 0 Å². The molecule has 102 valence electrons. The summed E-state index contributed by atoms with van der Waals surface area (Å²) in [5.74, 6) is -0.142. The molecule has 1 aliphatic carbocycles. The molecule has 0 aromatic heterocycles. The molecular formula is C15H19NO3. The summed E-state index contributed by atoms with van der Waals surface area (Å²) in [4.78, 5) is 12.2. The van der Waals surface area contributed by atoms with Crippen molar-refractivity contribution in [2.45, 2.75) is 25.7 Å². The lowest BCUT2D eigenvalue weighted by molar-refractivity contribution is -0.164. The van der Waals surface area contributed by atoms with Crippen LogP contribution in [0.15, 0.2) is 18.2 Å². The third-order valence-corrected chi connectivity index (χ3v) is 4.15. The lowest BCUT2D eigenvalue weighted by Gasteiger charge is -2.38. The molecule has 1 fully saturated rings. The van der Waals surface area contributed by atoms with Gasteiger partial charge in [-0.25, -0.2) is 0 Å². The number of nitrogens with one attached hydrogen (secondary N) is 1. The van der Waals surface area contributed by atoms with Crippen molar-refractivity contribution >= 4 is 11.6 Å². The molecule has 3 rings (SSSR count). The van der Waals surface area contributed by atoms with E-state index in [0.717, 1.165) is 18.5 Å². The Morgan fingerprint density at radius 1 is 1.26 bits per heavy atom. The fourth-order valence-electron chi connectivity index (χ4n) is 2.72. The zero-order chi connectivity index (χ0) is 13.3. The zero-order valence-corrected chi connectivity index (χ0v) is 10.9. The molecule has 2 aliphatic rings. The minimum atomic E-state index is -0.740. The number of rotatable bonds is 3. The number of aryl methyl sites for hydroxylation is 2. The first-order valence-corrected chi connectivity index (χ1v) is 6.85. The van der Waals surface area contributed by atoms with Crippen molar-refractivity contribution < 1.29 is 14.6 Å². The second-order valence-corrected chi connectivity index (χ2v) is 5.58. The van der Waals surface area contributed by atoms with Crippen LogP contribution < -0.4 is 5.32 Å². The van der Waals surface area contributed by atoms with Gasteiger partial charge in [0.15, 0.2) is 0 Å². The molecule has 1 aliphatic heterocycles. The van der Waals surface area contributed by atoms with Crippen LogP contribution in [0.4, 0.5) is 5.69 Å². The normalized spacial score (nSPS) is 20.3. The van der Waals surface area contributed by atoms with Crippen molar-refractivity contribution in [2.24, 2.45) is 5.41 Å². The Bertz CT molecular complexity index is 489. The topological polar surface area (TPSA) is 58.6 Å². The van der Waals surface area contributed by atoms with Crippen LogP contribution in [0.1, 0.15) is 24.0 Å². The highest BCUT2D eigenvalue weighted by Gasteiger charge is 2.45. The Morgan fingerprint density at radius 2 is 2.00 bits per heavy atom. The molecule has 0 bridgehead atoms. The Morgan fingerprint density at radius 3 is 2.63 bits per heavy atom. The number of aliphatic hydroxyl groups excluding tert-OH is 1. The van der Waals surface area contributed by atoms with Crippen LogP contribution in [-0.4, -0.2) is 30.8 Å². The molecule has 0 spiro atoms. The number of carbonyl (C=O) groups excluding carboxylic acids is 1. The lowest BCUT2D eigenvalue weighted by Crippen LogP contribution is -2.54. The third kappa shape index (κ3) is 2.26. The van der Waals surface area contributed by atoms with Gasteiger partial charge in [-0.15, -0.1) is 0 Å². The fraction of sp³-hybridized carbons (Fsp3) is 0.533. The monoisotopic (exact) mass is 261 g/mol. The van der Waals surface area contributed by atoms with Gasteiger partial charge in [0.1, 0.15) is 5.41 Å². The van der Waals surface area contributed by atoms with Crippen molar-refractivity contribution in [1.82, 2.24) is 0 Å². The number of fused-ring (bicyclic) bond motifs is 1. The smallest absolute Gasteiger partial charge is 0.237 e. The van der Waals surface area contributed by atoms with Crippen molar-refractivity contribution in [3.8, 4) is 0 Å². The number of benzene rings is 1. The van der Waals surface area contributed by atoms with Gasteiger partial charge in [0.25, 0.3) is 0 Å². The molecule has 1 aromatic carbocycles. The van der Waals surface area contributed by atoms with Gasteiger partial charge in [-0.2, -0.15) is 0 Å². The highest BCUT2D eigenvalue weighted by Crippen LogP contribution is 2.30. The minimum Gasteiger partial charge on any atom is -0.395 e. The van der Waals surface area contributed by atoms with Gasteiger partial charge >= 0.3 is 0 Å². The maximum Gasteiger partial charge on any atom is 0.237 e. The van der Waals surface area contributed by atoms with E-state index in [2.05, 4.69) is 17.4 Å². The number of anilines is 1. The number of amides is 1. The van der Waals surface area contributed by atoms with Crippen LogP contribution in [0.2, 0.25) is 0 Å². The number of hydrogen-bond donors (Lipinski definition) is 2. The summed E-state index contributed by atoms with van der Waals surface area (Å²) in [5.41, 5.74) is 2.82. The van der Waals surface area contributed by atoms with E-state index in [0.29, 0.717) is 13.2 Å². The van der Waals surface area contributed by atoms with Gasteiger partial charge in [0, 0.05) is 5.69 Å². The summed E-state index contributed by atoms with van der Waals surface area (Å²) < 4.78 is 5.06. The number of hydrogen-bond acceptors (Lipinski definition) is 3. The summed E-state index contributed by atoms with van der Waals surface area (Å²) in [6.45, 7) is 0.449. The van der Waals surface area contributed by atoms with Gasteiger partial charge in [0.2, 0.25) is 5.91 Å². The Hall–Kier alpha value is -1.39. The van der Waals surface area contributed by atoms with E-state index in [9.17, 15) is 9.90 Å². The SMILES string of the molecule is O=C(Nc1ccc2c(c1)CCCC2)C1(CO)COC1. The predicted molar refractivity (Wildman–Crippen MR) is 72.1 cm³/mol. The largest absolute Gasteiger partial charge is 0.395 e. The maximum absolute atomic E-state index is 12.2. The van der Waals surface area contributed by atoms with Gasteiger partial charge in [-0.3, -0.25) is 4.79 Å². The van der Waals surface area contributed by atoms with Crippen LogP contribution in [0.3, 0.4) is 0 Å². The lowest BCUT2D eigenvalue weighted by atomic mass is 9.85. The second-order valence-electron chi connectivity index (χ2n) is 5.58. The van der Waals surface area contributed by atoms with E-state index >= 15 is 0 Å². The molecule has 1 amide bonds. The first-order valence-electron chi connectivity index (χ1n) is 6.85. The first kappa shape index (κ1) is 12.6. The average Bonchev–Trinajstić information content (AvgIpc) is 2.38. The van der Waals surface area contributed by atoms with E-state index in [4.69, 9.17) is 4.74 Å². The minimum absolute atomic E-state index is 0.142. The molecule has 0 radical (unpaired) electrons. The summed E-state index contributed by atoms with van der Waals surface area (Å²) >= 11 is 0. The van der Waals surface area contributed by atoms with Crippen molar-refractivity contribution in [1.29, 1.82) is 0 Å². The highest BCUT2D eigenvalue weighted by atomic mass is 16.5. The Labute approximate surface area is 112 Å². The summed E-state index contributed by atoms with van der Waals surface area (Å²) in [6, 6.07) is 6.12. The molecule has 0 unspecified atom stereocenters. The number of carbonyl (C=O) groups is 1. The molecule has 4 nitrogen and oxygen atoms in total. The molecule has 0 atom stereocenters. The Balaban J connectivity index is 1.74. The van der Waals surface area contributed by atoms with Gasteiger partial charge in [0.05, 0.1) is 19.8 Å². The molecule has 0 saturated carbocycles. The summed E-state index contributed by atoms with van der Waals surface area (Å²) in [7, 11) is 0. The van der Waals surface area contributed by atoms with Gasteiger partial charge in [-0.05, 0) is 48.9 Å². The molecular weight excluding hydrogens is 242 g/mol. The van der Waals surface area contributed by atoms with Crippen molar-refractivity contribution in [3.05, 3.63) is 29.3 Å². The quantitative estimate of drug-likeness (QED) is 0.867. The fourth-order valence-corrected chi connectivity index (χ4v) is 2.72. The van der Waals surface area contributed by atoms with Crippen LogP contribution in [0.5, 0.6) is 0 Å². The highest BCUT2D eigenvalue weighted by molar-refractivity contribution is 5.96. The predicted octanol–water partition coefficient (Wildman–Crippen LogP) is 1.51. The summed E-state index contributed by atoms with van der Waals surface area (Å²) in [6.07, 6.45) is 4.70. The first-order chi connectivity index (χ1) is 9.23. The molecule has 1 aromatic rings. The third-order valence-electron chi connectivity index (χ3n) is 4.15. The molecule has 2 N–H and O–H groups in total. The number of aliphatic hydroxyl groups is 1. The van der Waals surface area contributed by atoms with E-state index in [1.165, 1.54) is 24.0 Å². The van der Waals surface area contributed by atoms with Gasteiger partial charge in [-0.1, -0.05) is 6.07 Å². The van der Waals surface area contributed by atoms with Crippen molar-refractivity contribution in [2.75, 3.05) is 25.1 Å². The van der Waals surface area contributed by atoms with Gasteiger partial charge < -0.3 is 15.2 Å². The van der Waals surface area contributed by atoms with Crippen LogP contribution >= 0.6 is 0 Å². The molecule has 1 heterocycles.